The molecule has 142 valence electrons. The van der Waals surface area contributed by atoms with E-state index in [0.717, 1.165) is 0 Å². The van der Waals surface area contributed by atoms with Crippen molar-refractivity contribution in [2.45, 2.75) is 58.3 Å². The summed E-state index contributed by atoms with van der Waals surface area (Å²) in [4.78, 5) is 0. The average Bonchev–Trinajstić information content (AvgIpc) is 2.76. The highest BCUT2D eigenvalue weighted by Gasteiger charge is 2.20. The Labute approximate surface area is 166 Å². The molecule has 0 heterocycles. The molecule has 0 radical (unpaired) electrons. The van der Waals surface area contributed by atoms with Crippen LogP contribution in [0.3, 0.4) is 0 Å². The van der Waals surface area contributed by atoms with Crippen molar-refractivity contribution >= 4 is 0 Å². The summed E-state index contributed by atoms with van der Waals surface area (Å²) in [7, 11) is 0. The first kappa shape index (κ1) is 21.0. The summed E-state index contributed by atoms with van der Waals surface area (Å²) in [5.74, 6) is 1.70. The van der Waals surface area contributed by atoms with Crippen molar-refractivity contribution in [2.24, 2.45) is 0 Å². The van der Waals surface area contributed by atoms with Gasteiger partial charge >= 0.3 is 0 Å². The van der Waals surface area contributed by atoms with Gasteiger partial charge in [0, 0.05) is 0 Å². The van der Waals surface area contributed by atoms with Gasteiger partial charge in [0.15, 0.2) is 0 Å². The second-order valence-corrected chi connectivity index (χ2v) is 7.20. The van der Waals surface area contributed by atoms with Crippen molar-refractivity contribution in [1.82, 2.24) is 0 Å². The first-order chi connectivity index (χ1) is 13.2. The van der Waals surface area contributed by atoms with Crippen molar-refractivity contribution in [3.63, 3.8) is 0 Å². The highest BCUT2D eigenvalue weighted by Crippen LogP contribution is 2.36. The lowest BCUT2D eigenvalue weighted by molar-refractivity contribution is 0.489. The Hall–Kier alpha value is -2.34. The molecule has 0 N–H and O–H groups in total. The fourth-order valence-corrected chi connectivity index (χ4v) is 3.78. The first-order valence-electron chi connectivity index (χ1n) is 10.4. The second kappa shape index (κ2) is 11.4. The van der Waals surface area contributed by atoms with Crippen LogP contribution in [0, 0.1) is 0 Å². The fraction of sp³-hybridized carbons (Fsp3) is 0.333. The molecule has 2 atom stereocenters. The predicted octanol–water partition coefficient (Wildman–Crippen LogP) is 8.18. The zero-order valence-electron chi connectivity index (χ0n) is 17.3. The van der Waals surface area contributed by atoms with Crippen molar-refractivity contribution in [3.8, 4) is 0 Å². The van der Waals surface area contributed by atoms with Gasteiger partial charge in [0.05, 0.1) is 0 Å². The largest absolute Gasteiger partial charge is 0.0683 e. The molecule has 0 aliphatic carbocycles. The Kier molecular flexibility index (Phi) is 8.84. The Morgan fingerprint density at radius 3 is 1.11 bits per heavy atom. The molecule has 3 rings (SSSR count). The molecule has 2 unspecified atom stereocenters. The summed E-state index contributed by atoms with van der Waals surface area (Å²) >= 11 is 0. The minimum Gasteiger partial charge on any atom is -0.0683 e. The van der Waals surface area contributed by atoms with Crippen LogP contribution in [0.2, 0.25) is 0 Å². The van der Waals surface area contributed by atoms with E-state index in [2.05, 4.69) is 105 Å². The third-order valence-electron chi connectivity index (χ3n) is 5.28. The maximum atomic E-state index is 2.36. The monoisotopic (exact) mass is 358 g/mol. The molecule has 0 saturated carbocycles. The van der Waals surface area contributed by atoms with E-state index in [4.69, 9.17) is 0 Å². The maximum Gasteiger partial charge on any atom is -0.0151 e. The number of hydrogen-bond donors (Lipinski definition) is 0. The normalized spacial score (nSPS) is 13.8. The quantitative estimate of drug-likeness (QED) is 0.399. The molecule has 0 bridgehead atoms. The SMILES string of the molecule is CC.CC(CC(CC(C)c1ccccc1)c1ccccc1)c1ccccc1. The Balaban J connectivity index is 0.00000126. The summed E-state index contributed by atoms with van der Waals surface area (Å²) in [5, 5.41) is 0. The molecule has 3 aromatic rings. The standard InChI is InChI=1S/C25H28.C2H6/c1-20(22-12-6-3-7-13-22)18-25(24-16-10-5-11-17-24)19-21(2)23-14-8-4-9-15-23;1-2/h3-17,20-21,25H,18-19H2,1-2H3;1-2H3. The van der Waals surface area contributed by atoms with E-state index < -0.39 is 0 Å². The van der Waals surface area contributed by atoms with Gasteiger partial charge in [-0.3, -0.25) is 0 Å². The van der Waals surface area contributed by atoms with Crippen molar-refractivity contribution in [2.75, 3.05) is 0 Å². The van der Waals surface area contributed by atoms with E-state index in [1.54, 1.807) is 0 Å². The summed E-state index contributed by atoms with van der Waals surface area (Å²) in [6.45, 7) is 8.72. The highest BCUT2D eigenvalue weighted by atomic mass is 14.2. The molecular weight excluding hydrogens is 324 g/mol. The van der Waals surface area contributed by atoms with E-state index >= 15 is 0 Å². The van der Waals surface area contributed by atoms with Crippen molar-refractivity contribution in [3.05, 3.63) is 108 Å². The molecule has 0 aliphatic heterocycles. The van der Waals surface area contributed by atoms with Gasteiger partial charge in [-0.25, -0.2) is 0 Å². The third-order valence-corrected chi connectivity index (χ3v) is 5.28. The molecule has 0 fully saturated rings. The van der Waals surface area contributed by atoms with Crippen LogP contribution < -0.4 is 0 Å². The van der Waals surface area contributed by atoms with Crippen LogP contribution in [-0.2, 0) is 0 Å². The van der Waals surface area contributed by atoms with Crippen molar-refractivity contribution in [1.29, 1.82) is 0 Å². The Morgan fingerprint density at radius 2 is 0.778 bits per heavy atom. The lowest BCUT2D eigenvalue weighted by Gasteiger charge is -2.25. The van der Waals surface area contributed by atoms with Gasteiger partial charge in [0.2, 0.25) is 0 Å². The van der Waals surface area contributed by atoms with Gasteiger partial charge in [-0.05, 0) is 47.3 Å². The zero-order valence-corrected chi connectivity index (χ0v) is 17.3. The molecule has 27 heavy (non-hydrogen) atoms. The summed E-state index contributed by atoms with van der Waals surface area (Å²) in [6, 6.07) is 32.9. The summed E-state index contributed by atoms with van der Waals surface area (Å²) in [6.07, 6.45) is 2.37. The number of rotatable bonds is 7. The van der Waals surface area contributed by atoms with Crippen LogP contribution >= 0.6 is 0 Å². The molecule has 0 saturated heterocycles. The van der Waals surface area contributed by atoms with Gasteiger partial charge in [0.1, 0.15) is 0 Å². The lowest BCUT2D eigenvalue weighted by atomic mass is 9.80. The van der Waals surface area contributed by atoms with Crippen molar-refractivity contribution < 1.29 is 0 Å². The van der Waals surface area contributed by atoms with E-state index in [9.17, 15) is 0 Å². The molecule has 0 amide bonds. The number of hydrogen-bond acceptors (Lipinski definition) is 0. The zero-order chi connectivity index (χ0) is 19.5. The average molecular weight is 359 g/mol. The van der Waals surface area contributed by atoms with Gasteiger partial charge in [-0.15, -0.1) is 0 Å². The van der Waals surface area contributed by atoms with Crippen LogP contribution in [0.15, 0.2) is 91.0 Å². The number of benzene rings is 3. The molecule has 0 spiro atoms. The Bertz CT molecular complexity index is 683. The van der Waals surface area contributed by atoms with E-state index in [1.165, 1.54) is 29.5 Å². The predicted molar refractivity (Wildman–Crippen MR) is 119 cm³/mol. The van der Waals surface area contributed by atoms with Crippen LogP contribution in [0.4, 0.5) is 0 Å². The maximum absolute atomic E-state index is 2.36. The summed E-state index contributed by atoms with van der Waals surface area (Å²) < 4.78 is 0. The molecule has 0 aliphatic rings. The smallest absolute Gasteiger partial charge is 0.0151 e. The van der Waals surface area contributed by atoms with Gasteiger partial charge < -0.3 is 0 Å². The molecule has 0 aromatic heterocycles. The topological polar surface area (TPSA) is 0 Å². The molecule has 0 nitrogen and oxygen atoms in total. The minimum absolute atomic E-state index is 0.564. The second-order valence-electron chi connectivity index (χ2n) is 7.20. The van der Waals surface area contributed by atoms with Gasteiger partial charge in [-0.1, -0.05) is 119 Å². The van der Waals surface area contributed by atoms with Crippen LogP contribution in [0.25, 0.3) is 0 Å². The highest BCUT2D eigenvalue weighted by molar-refractivity contribution is 5.25. The molecular formula is C27H34. The van der Waals surface area contributed by atoms with Crippen LogP contribution in [-0.4, -0.2) is 0 Å². The van der Waals surface area contributed by atoms with Crippen LogP contribution in [0.5, 0.6) is 0 Å². The lowest BCUT2D eigenvalue weighted by Crippen LogP contribution is -2.08. The van der Waals surface area contributed by atoms with Gasteiger partial charge in [0.25, 0.3) is 0 Å². The Morgan fingerprint density at radius 1 is 0.481 bits per heavy atom. The minimum atomic E-state index is 0.564. The first-order valence-corrected chi connectivity index (χ1v) is 10.4. The fourth-order valence-electron chi connectivity index (χ4n) is 3.78. The van der Waals surface area contributed by atoms with E-state index in [1.807, 2.05) is 13.8 Å². The van der Waals surface area contributed by atoms with Crippen LogP contribution in [0.1, 0.15) is 75.0 Å². The van der Waals surface area contributed by atoms with Gasteiger partial charge in [-0.2, -0.15) is 0 Å². The van der Waals surface area contributed by atoms with E-state index in [0.29, 0.717) is 17.8 Å². The third kappa shape index (κ3) is 6.40. The molecule has 3 aromatic carbocycles. The van der Waals surface area contributed by atoms with E-state index in [-0.39, 0.29) is 0 Å². The summed E-state index contributed by atoms with van der Waals surface area (Å²) in [5.41, 5.74) is 4.35. The molecule has 0 heteroatoms.